The lowest BCUT2D eigenvalue weighted by atomic mass is 9.86. The molecule has 0 aliphatic carbocycles. The van der Waals surface area contributed by atoms with Crippen LogP contribution in [0.25, 0.3) is 0 Å². The van der Waals surface area contributed by atoms with Gasteiger partial charge in [-0.25, -0.2) is 0 Å². The van der Waals surface area contributed by atoms with E-state index in [0.29, 0.717) is 12.3 Å². The molecule has 1 spiro atoms. The maximum absolute atomic E-state index is 11.9. The number of likely N-dealkylation sites (tertiary alicyclic amines) is 1. The lowest BCUT2D eigenvalue weighted by Crippen LogP contribution is -2.61. The average molecular weight is 297 g/mol. The molecule has 2 aliphatic heterocycles. The molecule has 2 rings (SSSR count). The molecule has 21 heavy (non-hydrogen) atoms. The fourth-order valence-electron chi connectivity index (χ4n) is 3.47. The van der Waals surface area contributed by atoms with Crippen LogP contribution < -0.4 is 0 Å². The monoisotopic (exact) mass is 297 g/mol. The Bertz CT molecular complexity index is 350. The van der Waals surface area contributed by atoms with Crippen LogP contribution in [0.3, 0.4) is 0 Å². The molecule has 2 aliphatic rings. The van der Waals surface area contributed by atoms with Crippen molar-refractivity contribution in [2.24, 2.45) is 0 Å². The van der Waals surface area contributed by atoms with Crippen LogP contribution in [0.2, 0.25) is 0 Å². The lowest BCUT2D eigenvalue weighted by molar-refractivity contribution is -0.129. The van der Waals surface area contributed by atoms with Gasteiger partial charge in [-0.15, -0.1) is 0 Å². The van der Waals surface area contributed by atoms with Gasteiger partial charge in [0.1, 0.15) is 0 Å². The van der Waals surface area contributed by atoms with E-state index in [2.05, 4.69) is 23.8 Å². The number of hydrogen-bond donors (Lipinski definition) is 0. The zero-order chi connectivity index (χ0) is 15.3. The number of carbonyl (C=O) groups excluding carboxylic acids is 1. The van der Waals surface area contributed by atoms with E-state index in [1.54, 1.807) is 0 Å². The van der Waals surface area contributed by atoms with Crippen molar-refractivity contribution in [3.05, 3.63) is 0 Å². The molecular formula is C16H31N3O2. The molecule has 0 aromatic carbocycles. The quantitative estimate of drug-likeness (QED) is 0.711. The Kier molecular flexibility index (Phi) is 6.02. The molecule has 1 amide bonds. The van der Waals surface area contributed by atoms with Gasteiger partial charge in [0.05, 0.1) is 6.61 Å². The highest BCUT2D eigenvalue weighted by atomic mass is 16.5. The maximum atomic E-state index is 11.9. The second-order valence-electron chi connectivity index (χ2n) is 6.60. The number of amides is 1. The molecule has 0 unspecified atom stereocenters. The Morgan fingerprint density at radius 3 is 2.71 bits per heavy atom. The lowest BCUT2D eigenvalue weighted by Gasteiger charge is -2.49. The normalized spacial score (nSPS) is 29.1. The average Bonchev–Trinajstić information content (AvgIpc) is 2.62. The third-order valence-electron chi connectivity index (χ3n) is 5.12. The zero-order valence-electron chi connectivity index (χ0n) is 13.9. The third-order valence-corrected chi connectivity index (χ3v) is 5.12. The molecule has 122 valence electrons. The summed E-state index contributed by atoms with van der Waals surface area (Å²) >= 11 is 0. The zero-order valence-corrected chi connectivity index (χ0v) is 13.9. The molecule has 0 bridgehead atoms. The summed E-state index contributed by atoms with van der Waals surface area (Å²) in [4.78, 5) is 18.8. The number of likely N-dealkylation sites (N-methyl/N-ethyl adjacent to an activating group) is 1. The van der Waals surface area contributed by atoms with Crippen LogP contribution in [0.4, 0.5) is 0 Å². The van der Waals surface area contributed by atoms with Gasteiger partial charge in [0.2, 0.25) is 5.91 Å². The number of rotatable bonds is 5. The van der Waals surface area contributed by atoms with Crippen LogP contribution in [0.1, 0.15) is 32.6 Å². The van der Waals surface area contributed by atoms with Gasteiger partial charge in [0.15, 0.2) is 0 Å². The third kappa shape index (κ3) is 4.18. The van der Waals surface area contributed by atoms with Crippen molar-refractivity contribution in [3.8, 4) is 0 Å². The van der Waals surface area contributed by atoms with Gasteiger partial charge in [-0.3, -0.25) is 14.6 Å². The van der Waals surface area contributed by atoms with E-state index in [4.69, 9.17) is 4.74 Å². The first-order chi connectivity index (χ1) is 10.1. The van der Waals surface area contributed by atoms with E-state index >= 15 is 0 Å². The second-order valence-corrected chi connectivity index (χ2v) is 6.60. The van der Waals surface area contributed by atoms with Gasteiger partial charge >= 0.3 is 0 Å². The summed E-state index contributed by atoms with van der Waals surface area (Å²) in [5.74, 6) is 0.295. The van der Waals surface area contributed by atoms with E-state index in [-0.39, 0.29) is 5.54 Å². The smallest absolute Gasteiger partial charge is 0.222 e. The van der Waals surface area contributed by atoms with E-state index < -0.39 is 0 Å². The molecule has 1 atom stereocenters. The van der Waals surface area contributed by atoms with Gasteiger partial charge in [0, 0.05) is 58.3 Å². The molecule has 0 N–H and O–H groups in total. The van der Waals surface area contributed by atoms with Crippen molar-refractivity contribution < 1.29 is 9.53 Å². The van der Waals surface area contributed by atoms with E-state index in [1.165, 1.54) is 0 Å². The van der Waals surface area contributed by atoms with Crippen molar-refractivity contribution in [1.82, 2.24) is 14.7 Å². The van der Waals surface area contributed by atoms with Crippen molar-refractivity contribution in [1.29, 1.82) is 0 Å². The van der Waals surface area contributed by atoms with Crippen LogP contribution in [-0.2, 0) is 9.53 Å². The van der Waals surface area contributed by atoms with Crippen molar-refractivity contribution >= 4 is 5.91 Å². The highest BCUT2D eigenvalue weighted by Gasteiger charge is 2.41. The van der Waals surface area contributed by atoms with Gasteiger partial charge in [-0.05, 0) is 26.3 Å². The molecule has 2 fully saturated rings. The van der Waals surface area contributed by atoms with E-state index in [0.717, 1.165) is 65.2 Å². The molecule has 0 aromatic rings. The minimum atomic E-state index is 0.170. The van der Waals surface area contributed by atoms with Crippen LogP contribution in [0, 0.1) is 0 Å². The largest absolute Gasteiger partial charge is 0.380 e. The molecule has 0 saturated carbocycles. The topological polar surface area (TPSA) is 36.0 Å². The minimum Gasteiger partial charge on any atom is -0.380 e. The predicted molar refractivity (Wildman–Crippen MR) is 84.4 cm³/mol. The highest BCUT2D eigenvalue weighted by Crippen LogP contribution is 2.31. The van der Waals surface area contributed by atoms with Crippen LogP contribution in [0.15, 0.2) is 0 Å². The van der Waals surface area contributed by atoms with Crippen molar-refractivity contribution in [3.63, 3.8) is 0 Å². The molecule has 0 aromatic heterocycles. The summed E-state index contributed by atoms with van der Waals surface area (Å²) in [7, 11) is 4.15. The van der Waals surface area contributed by atoms with Crippen molar-refractivity contribution in [2.45, 2.75) is 38.1 Å². The summed E-state index contributed by atoms with van der Waals surface area (Å²) in [6.07, 6.45) is 3.83. The molecule has 2 saturated heterocycles. The highest BCUT2D eigenvalue weighted by molar-refractivity contribution is 5.76. The van der Waals surface area contributed by atoms with Crippen molar-refractivity contribution in [2.75, 3.05) is 60.0 Å². The number of carbonyl (C=O) groups is 1. The SMILES string of the molecule is CCCOCCN1CCN(C)[C@]2(CCC(=O)N(C)CC2)C1. The van der Waals surface area contributed by atoms with Crippen LogP contribution in [-0.4, -0.2) is 86.2 Å². The molecule has 5 nitrogen and oxygen atoms in total. The number of nitrogens with zero attached hydrogens (tertiary/aromatic N) is 3. The van der Waals surface area contributed by atoms with Crippen LogP contribution >= 0.6 is 0 Å². The second kappa shape index (κ2) is 7.56. The Balaban J connectivity index is 1.92. The minimum absolute atomic E-state index is 0.170. The summed E-state index contributed by atoms with van der Waals surface area (Å²) in [6, 6.07) is 0. The Labute approximate surface area is 129 Å². The Hall–Kier alpha value is -0.650. The Morgan fingerprint density at radius 2 is 1.95 bits per heavy atom. The maximum Gasteiger partial charge on any atom is 0.222 e. The molecule has 5 heteroatoms. The fraction of sp³-hybridized carbons (Fsp3) is 0.938. The summed E-state index contributed by atoms with van der Waals surface area (Å²) in [6.45, 7) is 8.99. The van der Waals surface area contributed by atoms with Gasteiger partial charge in [0.25, 0.3) is 0 Å². The van der Waals surface area contributed by atoms with E-state index in [1.807, 2.05) is 11.9 Å². The summed E-state index contributed by atoms with van der Waals surface area (Å²) in [5, 5.41) is 0. The summed E-state index contributed by atoms with van der Waals surface area (Å²) in [5.41, 5.74) is 0.170. The van der Waals surface area contributed by atoms with Gasteiger partial charge in [-0.2, -0.15) is 0 Å². The predicted octanol–water partition coefficient (Wildman–Crippen LogP) is 1.04. The molecular weight excluding hydrogens is 266 g/mol. The first-order valence-electron chi connectivity index (χ1n) is 8.33. The number of ether oxygens (including phenoxy) is 1. The molecule has 0 radical (unpaired) electrons. The first-order valence-corrected chi connectivity index (χ1v) is 8.33. The number of hydrogen-bond acceptors (Lipinski definition) is 4. The number of piperazine rings is 1. The van der Waals surface area contributed by atoms with Gasteiger partial charge < -0.3 is 9.64 Å². The van der Waals surface area contributed by atoms with E-state index in [9.17, 15) is 4.79 Å². The standard InChI is InChI=1S/C16H31N3O2/c1-4-12-21-13-11-19-10-9-18(3)16(14-19)6-5-15(20)17(2)8-7-16/h4-14H2,1-3H3/t16-/m0/s1. The molecule has 2 heterocycles. The van der Waals surface area contributed by atoms with Gasteiger partial charge in [-0.1, -0.05) is 6.92 Å². The fourth-order valence-corrected chi connectivity index (χ4v) is 3.47. The van der Waals surface area contributed by atoms with Crippen LogP contribution in [0.5, 0.6) is 0 Å². The Morgan fingerprint density at radius 1 is 1.14 bits per heavy atom. The summed E-state index contributed by atoms with van der Waals surface area (Å²) < 4.78 is 5.63. The first kappa shape index (κ1) is 16.7.